The molecule has 3 aromatic rings. The lowest BCUT2D eigenvalue weighted by molar-refractivity contribution is 0.0438. The van der Waals surface area contributed by atoms with Gasteiger partial charge in [0.15, 0.2) is 6.79 Å². The summed E-state index contributed by atoms with van der Waals surface area (Å²) in [7, 11) is 1.50. The molecular weight excluding hydrogens is 372 g/mol. The summed E-state index contributed by atoms with van der Waals surface area (Å²) >= 11 is 0. The Morgan fingerprint density at radius 2 is 2.14 bits per heavy atom. The predicted octanol–water partition coefficient (Wildman–Crippen LogP) is 4.27. The lowest BCUT2D eigenvalue weighted by atomic mass is 10.2. The lowest BCUT2D eigenvalue weighted by Gasteiger charge is -2.12. The highest BCUT2D eigenvalue weighted by Crippen LogP contribution is 2.26. The number of carbonyl (C=O) groups is 1. The van der Waals surface area contributed by atoms with Crippen molar-refractivity contribution in [1.82, 2.24) is 4.57 Å². The van der Waals surface area contributed by atoms with Crippen molar-refractivity contribution in [1.29, 1.82) is 5.26 Å². The molecule has 1 aromatic carbocycles. The van der Waals surface area contributed by atoms with E-state index >= 15 is 0 Å². The van der Waals surface area contributed by atoms with E-state index in [0.717, 1.165) is 11.3 Å². The zero-order valence-electron chi connectivity index (χ0n) is 16.1. The molecule has 0 amide bonds. The molecule has 0 aliphatic rings. The number of carbonyl (C=O) groups excluding carboxylic acids is 1. The van der Waals surface area contributed by atoms with Crippen LogP contribution < -0.4 is 4.74 Å². The molecule has 0 unspecified atom stereocenters. The average Bonchev–Trinajstić information content (AvgIpc) is 3.40. The molecule has 148 valence electrons. The first-order chi connectivity index (χ1) is 14.2. The first kappa shape index (κ1) is 20.0. The van der Waals surface area contributed by atoms with Crippen molar-refractivity contribution < 1.29 is 23.4 Å². The molecule has 0 fully saturated rings. The quantitative estimate of drug-likeness (QED) is 0.420. The molecular formula is C22H20N2O5. The Bertz CT molecular complexity index is 1040. The summed E-state index contributed by atoms with van der Waals surface area (Å²) < 4.78 is 22.6. The maximum Gasteiger partial charge on any atom is 0.341 e. The lowest BCUT2D eigenvalue weighted by Crippen LogP contribution is -2.10. The molecule has 0 bridgehead atoms. The largest absolute Gasteiger partial charge is 0.467 e. The number of nitriles is 1. The van der Waals surface area contributed by atoms with Crippen LogP contribution in [-0.4, -0.2) is 31.0 Å². The second-order valence-corrected chi connectivity index (χ2v) is 5.95. The zero-order chi connectivity index (χ0) is 20.6. The zero-order valence-corrected chi connectivity index (χ0v) is 16.1. The fraction of sp³-hybridized carbons (Fsp3) is 0.182. The normalized spacial score (nSPS) is 10.8. The van der Waals surface area contributed by atoms with E-state index in [1.165, 1.54) is 7.11 Å². The number of nitrogens with zero attached hydrogens (tertiary/aromatic N) is 2. The smallest absolute Gasteiger partial charge is 0.341 e. The van der Waals surface area contributed by atoms with Gasteiger partial charge in [-0.05, 0) is 43.3 Å². The fourth-order valence-corrected chi connectivity index (χ4v) is 2.69. The number of benzene rings is 1. The van der Waals surface area contributed by atoms with Gasteiger partial charge >= 0.3 is 5.97 Å². The Labute approximate surface area is 168 Å². The van der Waals surface area contributed by atoms with Crippen molar-refractivity contribution in [3.63, 3.8) is 0 Å². The number of methoxy groups -OCH3 is 1. The van der Waals surface area contributed by atoms with Gasteiger partial charge in [0.05, 0.1) is 18.4 Å². The van der Waals surface area contributed by atoms with Crippen LogP contribution in [0.25, 0.3) is 17.8 Å². The Morgan fingerprint density at radius 1 is 1.28 bits per heavy atom. The van der Waals surface area contributed by atoms with E-state index in [9.17, 15) is 10.1 Å². The van der Waals surface area contributed by atoms with Gasteiger partial charge in [0.1, 0.15) is 23.1 Å². The van der Waals surface area contributed by atoms with E-state index in [1.807, 2.05) is 18.3 Å². The van der Waals surface area contributed by atoms with E-state index in [-0.39, 0.29) is 13.4 Å². The summed E-state index contributed by atoms with van der Waals surface area (Å²) in [6, 6.07) is 10.9. The number of hydrogen-bond acceptors (Lipinski definition) is 6. The number of furan rings is 1. The molecule has 0 spiro atoms. The predicted molar refractivity (Wildman–Crippen MR) is 107 cm³/mol. The van der Waals surface area contributed by atoms with Crippen molar-refractivity contribution in [2.45, 2.75) is 6.92 Å². The monoisotopic (exact) mass is 392 g/mol. The molecule has 0 atom stereocenters. The third kappa shape index (κ3) is 4.75. The van der Waals surface area contributed by atoms with Crippen LogP contribution >= 0.6 is 0 Å². The van der Waals surface area contributed by atoms with Crippen LogP contribution in [0.4, 0.5) is 0 Å². The Kier molecular flexibility index (Phi) is 6.51. The van der Waals surface area contributed by atoms with E-state index in [1.54, 1.807) is 54.3 Å². The minimum absolute atomic E-state index is 0.0118. The van der Waals surface area contributed by atoms with Gasteiger partial charge in [-0.1, -0.05) is 0 Å². The van der Waals surface area contributed by atoms with Gasteiger partial charge in [-0.15, -0.1) is 0 Å². The first-order valence-electron chi connectivity index (χ1n) is 8.93. The fourth-order valence-electron chi connectivity index (χ4n) is 2.69. The van der Waals surface area contributed by atoms with Gasteiger partial charge in [-0.2, -0.15) is 5.26 Å². The van der Waals surface area contributed by atoms with Crippen LogP contribution in [0.3, 0.4) is 0 Å². The maximum absolute atomic E-state index is 12.2. The van der Waals surface area contributed by atoms with Gasteiger partial charge in [-0.25, -0.2) is 4.79 Å². The second kappa shape index (κ2) is 9.44. The van der Waals surface area contributed by atoms with Gasteiger partial charge in [-0.3, -0.25) is 0 Å². The molecule has 0 saturated heterocycles. The minimum atomic E-state index is -0.475. The number of hydrogen-bond donors (Lipinski definition) is 0. The van der Waals surface area contributed by atoms with Crippen molar-refractivity contribution >= 4 is 18.1 Å². The molecule has 29 heavy (non-hydrogen) atoms. The van der Waals surface area contributed by atoms with Crippen LogP contribution in [0.1, 0.15) is 34.2 Å². The molecule has 0 aliphatic heterocycles. The topological polar surface area (TPSA) is 86.6 Å². The molecule has 7 heteroatoms. The number of aromatic nitrogens is 1. The Morgan fingerprint density at radius 3 is 2.83 bits per heavy atom. The van der Waals surface area contributed by atoms with E-state index in [4.69, 9.17) is 18.6 Å². The first-order valence-corrected chi connectivity index (χ1v) is 8.93. The Balaban J connectivity index is 1.95. The molecule has 0 aliphatic carbocycles. The highest BCUT2D eigenvalue weighted by molar-refractivity contribution is 5.93. The summed E-state index contributed by atoms with van der Waals surface area (Å²) in [6.07, 6.45) is 8.71. The van der Waals surface area contributed by atoms with Crippen LogP contribution in [0.5, 0.6) is 5.75 Å². The van der Waals surface area contributed by atoms with Gasteiger partial charge in [0.2, 0.25) is 0 Å². The van der Waals surface area contributed by atoms with Crippen LogP contribution in [-0.2, 0) is 9.47 Å². The molecule has 0 radical (unpaired) electrons. The van der Waals surface area contributed by atoms with Crippen molar-refractivity contribution in [2.75, 3.05) is 20.5 Å². The SMILES string of the molecule is CCOC(=O)c1ccc(-n2cc(C#N)c(/C=C/c3ccco3)c2)cc1OCOC. The van der Waals surface area contributed by atoms with Crippen molar-refractivity contribution in [2.24, 2.45) is 0 Å². The molecule has 2 heterocycles. The summed E-state index contributed by atoms with van der Waals surface area (Å²) in [5, 5.41) is 9.46. The second-order valence-electron chi connectivity index (χ2n) is 5.95. The van der Waals surface area contributed by atoms with Crippen molar-refractivity contribution in [3.05, 3.63) is 71.4 Å². The summed E-state index contributed by atoms with van der Waals surface area (Å²) in [5.41, 5.74) is 2.26. The molecule has 0 N–H and O–H groups in total. The third-order valence-corrected chi connectivity index (χ3v) is 4.04. The number of ether oxygens (including phenoxy) is 3. The van der Waals surface area contributed by atoms with Crippen LogP contribution in [0.15, 0.2) is 53.4 Å². The summed E-state index contributed by atoms with van der Waals surface area (Å²) in [6.45, 7) is 1.99. The van der Waals surface area contributed by atoms with E-state index in [2.05, 4.69) is 6.07 Å². The number of rotatable bonds is 8. The van der Waals surface area contributed by atoms with Gasteiger partial charge < -0.3 is 23.2 Å². The van der Waals surface area contributed by atoms with Crippen LogP contribution in [0.2, 0.25) is 0 Å². The standard InChI is InChI=1S/C22H20N2O5/c1-3-27-22(25)20-9-7-18(11-21(20)29-15-26-2)24-13-16(17(12-23)14-24)6-8-19-5-4-10-28-19/h4-11,13-14H,3,15H2,1-2H3/b8-6+. The van der Waals surface area contributed by atoms with E-state index in [0.29, 0.717) is 22.6 Å². The third-order valence-electron chi connectivity index (χ3n) is 4.04. The summed E-state index contributed by atoms with van der Waals surface area (Å²) in [5.74, 6) is 0.552. The highest BCUT2D eigenvalue weighted by atomic mass is 16.7. The van der Waals surface area contributed by atoms with Gasteiger partial charge in [0.25, 0.3) is 0 Å². The molecule has 3 rings (SSSR count). The minimum Gasteiger partial charge on any atom is -0.467 e. The highest BCUT2D eigenvalue weighted by Gasteiger charge is 2.16. The number of esters is 1. The van der Waals surface area contributed by atoms with E-state index < -0.39 is 5.97 Å². The van der Waals surface area contributed by atoms with Crippen molar-refractivity contribution in [3.8, 4) is 17.5 Å². The molecule has 7 nitrogen and oxygen atoms in total. The average molecular weight is 392 g/mol. The molecule has 0 saturated carbocycles. The Hall–Kier alpha value is -3.76. The summed E-state index contributed by atoms with van der Waals surface area (Å²) in [4.78, 5) is 12.2. The maximum atomic E-state index is 12.2. The van der Waals surface area contributed by atoms with Gasteiger partial charge in [0, 0.05) is 36.8 Å². The molecule has 2 aromatic heterocycles. The van der Waals surface area contributed by atoms with Crippen LogP contribution in [0, 0.1) is 11.3 Å².